The standard InChI is InChI=1S/C12H8BrClF2N2/c13-7-5-6(14)1-4-10(7)18-12-9(17)3-2-8(15)11(12)16/h1-5,18H,17H2. The maximum atomic E-state index is 13.6. The molecule has 0 heterocycles. The number of nitrogens with one attached hydrogen (secondary N) is 1. The number of halogens is 4. The Hall–Kier alpha value is -1.33. The van der Waals surface area contributed by atoms with E-state index in [1.807, 2.05) is 0 Å². The second-order valence-corrected chi connectivity index (χ2v) is 4.87. The third kappa shape index (κ3) is 2.57. The number of anilines is 3. The summed E-state index contributed by atoms with van der Waals surface area (Å²) in [6.07, 6.45) is 0. The largest absolute Gasteiger partial charge is 0.397 e. The molecule has 0 atom stereocenters. The minimum Gasteiger partial charge on any atom is -0.397 e. The molecule has 0 bridgehead atoms. The van der Waals surface area contributed by atoms with E-state index < -0.39 is 11.6 Å². The van der Waals surface area contributed by atoms with Crippen molar-refractivity contribution in [3.8, 4) is 0 Å². The van der Waals surface area contributed by atoms with Gasteiger partial charge < -0.3 is 11.1 Å². The number of rotatable bonds is 2. The van der Waals surface area contributed by atoms with Crippen LogP contribution in [0.25, 0.3) is 0 Å². The molecule has 2 aromatic carbocycles. The first-order valence-corrected chi connectivity index (χ1v) is 6.11. The highest BCUT2D eigenvalue weighted by Crippen LogP contribution is 2.32. The van der Waals surface area contributed by atoms with Crippen LogP contribution in [-0.4, -0.2) is 0 Å². The quantitative estimate of drug-likeness (QED) is 0.781. The minimum absolute atomic E-state index is 0.0991. The van der Waals surface area contributed by atoms with Gasteiger partial charge in [0.1, 0.15) is 5.69 Å². The van der Waals surface area contributed by atoms with Crippen molar-refractivity contribution in [2.75, 3.05) is 11.1 Å². The van der Waals surface area contributed by atoms with Crippen LogP contribution in [0.2, 0.25) is 5.02 Å². The third-order valence-electron chi connectivity index (χ3n) is 2.32. The Bertz CT molecular complexity index is 605. The number of hydrogen-bond donors (Lipinski definition) is 2. The maximum Gasteiger partial charge on any atom is 0.184 e. The van der Waals surface area contributed by atoms with Crippen molar-refractivity contribution in [2.24, 2.45) is 0 Å². The fourth-order valence-electron chi connectivity index (χ4n) is 1.42. The normalized spacial score (nSPS) is 10.4. The van der Waals surface area contributed by atoms with Gasteiger partial charge in [-0.25, -0.2) is 8.78 Å². The molecular weight excluding hydrogens is 325 g/mol. The van der Waals surface area contributed by atoms with Crippen LogP contribution in [0, 0.1) is 11.6 Å². The number of nitrogens with two attached hydrogens (primary N) is 1. The molecule has 2 rings (SSSR count). The summed E-state index contributed by atoms with van der Waals surface area (Å²) in [4.78, 5) is 0. The molecule has 0 aromatic heterocycles. The summed E-state index contributed by atoms with van der Waals surface area (Å²) >= 11 is 9.06. The van der Waals surface area contributed by atoms with Crippen LogP contribution in [0.4, 0.5) is 25.8 Å². The van der Waals surface area contributed by atoms with Crippen molar-refractivity contribution < 1.29 is 8.78 Å². The highest BCUT2D eigenvalue weighted by Gasteiger charge is 2.13. The van der Waals surface area contributed by atoms with E-state index >= 15 is 0 Å². The second kappa shape index (κ2) is 5.12. The Morgan fingerprint density at radius 1 is 1.17 bits per heavy atom. The molecular formula is C12H8BrClF2N2. The van der Waals surface area contributed by atoms with Gasteiger partial charge in [-0.05, 0) is 46.3 Å². The van der Waals surface area contributed by atoms with Crippen LogP contribution in [0.15, 0.2) is 34.8 Å². The van der Waals surface area contributed by atoms with Gasteiger partial charge in [-0.2, -0.15) is 0 Å². The summed E-state index contributed by atoms with van der Waals surface area (Å²) in [7, 11) is 0. The van der Waals surface area contributed by atoms with Crippen molar-refractivity contribution >= 4 is 44.6 Å². The summed E-state index contributed by atoms with van der Waals surface area (Å²) in [6, 6.07) is 7.17. The van der Waals surface area contributed by atoms with Crippen LogP contribution in [0.5, 0.6) is 0 Å². The molecule has 0 saturated carbocycles. The Balaban J connectivity index is 2.43. The van der Waals surface area contributed by atoms with Gasteiger partial charge in [0, 0.05) is 9.50 Å². The molecule has 2 aromatic rings. The average Bonchev–Trinajstić information content (AvgIpc) is 2.32. The molecule has 0 saturated heterocycles. The van der Waals surface area contributed by atoms with Crippen molar-refractivity contribution in [1.29, 1.82) is 0 Å². The number of nitrogen functional groups attached to an aromatic ring is 1. The smallest absolute Gasteiger partial charge is 0.184 e. The van der Waals surface area contributed by atoms with Crippen molar-refractivity contribution in [3.63, 3.8) is 0 Å². The van der Waals surface area contributed by atoms with Crippen molar-refractivity contribution in [3.05, 3.63) is 51.5 Å². The first-order chi connectivity index (χ1) is 8.49. The Morgan fingerprint density at radius 3 is 2.56 bits per heavy atom. The summed E-state index contributed by atoms with van der Waals surface area (Å²) in [5.74, 6) is -1.98. The van der Waals surface area contributed by atoms with E-state index in [2.05, 4.69) is 21.2 Å². The number of hydrogen-bond acceptors (Lipinski definition) is 2. The number of benzene rings is 2. The molecule has 0 amide bonds. The topological polar surface area (TPSA) is 38.0 Å². The Labute approximate surface area is 116 Å². The summed E-state index contributed by atoms with van der Waals surface area (Å²) in [6.45, 7) is 0. The molecule has 3 N–H and O–H groups in total. The molecule has 18 heavy (non-hydrogen) atoms. The zero-order valence-electron chi connectivity index (χ0n) is 8.98. The molecule has 0 aliphatic carbocycles. The van der Waals surface area contributed by atoms with E-state index in [1.54, 1.807) is 18.2 Å². The zero-order valence-corrected chi connectivity index (χ0v) is 11.3. The maximum absolute atomic E-state index is 13.6. The van der Waals surface area contributed by atoms with Gasteiger partial charge in [0.15, 0.2) is 11.6 Å². The van der Waals surface area contributed by atoms with E-state index in [1.165, 1.54) is 6.07 Å². The predicted molar refractivity (Wildman–Crippen MR) is 73.2 cm³/mol. The van der Waals surface area contributed by atoms with Gasteiger partial charge >= 0.3 is 0 Å². The molecule has 0 fully saturated rings. The van der Waals surface area contributed by atoms with Gasteiger partial charge in [-0.15, -0.1) is 0 Å². The van der Waals surface area contributed by atoms with Crippen LogP contribution < -0.4 is 11.1 Å². The van der Waals surface area contributed by atoms with Gasteiger partial charge in [0.05, 0.1) is 11.4 Å². The second-order valence-electron chi connectivity index (χ2n) is 3.57. The highest BCUT2D eigenvalue weighted by molar-refractivity contribution is 9.10. The fourth-order valence-corrected chi connectivity index (χ4v) is 2.20. The lowest BCUT2D eigenvalue weighted by molar-refractivity contribution is 0.512. The van der Waals surface area contributed by atoms with Crippen LogP contribution in [0.3, 0.4) is 0 Å². The van der Waals surface area contributed by atoms with Gasteiger partial charge in [-0.3, -0.25) is 0 Å². The molecule has 0 unspecified atom stereocenters. The van der Waals surface area contributed by atoms with Crippen LogP contribution in [-0.2, 0) is 0 Å². The monoisotopic (exact) mass is 332 g/mol. The van der Waals surface area contributed by atoms with Gasteiger partial charge in [0.2, 0.25) is 0 Å². The van der Waals surface area contributed by atoms with E-state index in [9.17, 15) is 8.78 Å². The lowest BCUT2D eigenvalue weighted by atomic mass is 10.2. The minimum atomic E-state index is -1.02. The molecule has 94 valence electrons. The SMILES string of the molecule is Nc1ccc(F)c(F)c1Nc1ccc(Cl)cc1Br. The van der Waals surface area contributed by atoms with Crippen LogP contribution in [0.1, 0.15) is 0 Å². The summed E-state index contributed by atoms with van der Waals surface area (Å²) < 4.78 is 27.3. The van der Waals surface area contributed by atoms with Crippen molar-refractivity contribution in [2.45, 2.75) is 0 Å². The highest BCUT2D eigenvalue weighted by atomic mass is 79.9. The summed E-state index contributed by atoms with van der Waals surface area (Å²) in [5.41, 5.74) is 6.17. The first kappa shape index (κ1) is 13.1. The molecule has 0 aliphatic rings. The lowest BCUT2D eigenvalue weighted by Gasteiger charge is -2.12. The van der Waals surface area contributed by atoms with E-state index in [0.717, 1.165) is 6.07 Å². The third-order valence-corrected chi connectivity index (χ3v) is 3.21. The van der Waals surface area contributed by atoms with E-state index in [4.69, 9.17) is 17.3 Å². The van der Waals surface area contributed by atoms with Gasteiger partial charge in [0.25, 0.3) is 0 Å². The Morgan fingerprint density at radius 2 is 1.89 bits per heavy atom. The molecule has 0 radical (unpaired) electrons. The van der Waals surface area contributed by atoms with Crippen LogP contribution >= 0.6 is 27.5 Å². The van der Waals surface area contributed by atoms with Crippen molar-refractivity contribution in [1.82, 2.24) is 0 Å². The molecule has 2 nitrogen and oxygen atoms in total. The average molecular weight is 334 g/mol. The predicted octanol–water partition coefficient (Wildman–Crippen LogP) is 4.71. The van der Waals surface area contributed by atoms with Gasteiger partial charge in [-0.1, -0.05) is 11.6 Å². The van der Waals surface area contributed by atoms with E-state index in [-0.39, 0.29) is 11.4 Å². The molecule has 0 aliphatic heterocycles. The first-order valence-electron chi connectivity index (χ1n) is 4.94. The fraction of sp³-hybridized carbons (Fsp3) is 0. The lowest BCUT2D eigenvalue weighted by Crippen LogP contribution is -2.01. The summed E-state index contributed by atoms with van der Waals surface area (Å²) in [5, 5.41) is 3.26. The van der Waals surface area contributed by atoms with E-state index in [0.29, 0.717) is 15.2 Å². The molecule has 0 spiro atoms. The molecule has 6 heteroatoms. The Kier molecular flexibility index (Phi) is 3.73. The zero-order chi connectivity index (χ0) is 13.3.